The van der Waals surface area contributed by atoms with Gasteiger partial charge in [-0.3, -0.25) is 19.3 Å². The van der Waals surface area contributed by atoms with Crippen molar-refractivity contribution >= 4 is 29.0 Å². The largest absolute Gasteiger partial charge is 0.493 e. The molecule has 2 N–H and O–H groups in total. The van der Waals surface area contributed by atoms with Gasteiger partial charge in [0.05, 0.1) is 31.4 Å². The highest BCUT2D eigenvalue weighted by Gasteiger charge is 2.11. The maximum absolute atomic E-state index is 12.8. The first-order valence-corrected chi connectivity index (χ1v) is 10.4. The molecule has 0 aliphatic carbocycles. The van der Waals surface area contributed by atoms with Gasteiger partial charge < -0.3 is 19.4 Å². The Balaban J connectivity index is 1.55. The van der Waals surface area contributed by atoms with Gasteiger partial charge in [-0.15, -0.1) is 0 Å². The van der Waals surface area contributed by atoms with Gasteiger partial charge in [0.1, 0.15) is 5.82 Å². The number of nitrogens with one attached hydrogen (secondary N) is 2. The molecule has 1 aromatic carbocycles. The predicted molar refractivity (Wildman–Crippen MR) is 118 cm³/mol. The Hall–Kier alpha value is -3.21. The number of nitrogens with zero attached hydrogens (tertiary/aromatic N) is 4. The molecule has 166 valence electrons. The van der Waals surface area contributed by atoms with E-state index in [9.17, 15) is 9.59 Å². The molecule has 0 unspecified atom stereocenters. The molecule has 31 heavy (non-hydrogen) atoms. The van der Waals surface area contributed by atoms with Crippen molar-refractivity contribution in [3.05, 3.63) is 39.4 Å². The Bertz CT molecular complexity index is 1180. The zero-order valence-electron chi connectivity index (χ0n) is 17.8. The second-order valence-corrected chi connectivity index (χ2v) is 7.25. The highest BCUT2D eigenvalue weighted by atomic mass is 32.1. The first-order chi connectivity index (χ1) is 15.0. The van der Waals surface area contributed by atoms with Gasteiger partial charge in [-0.25, -0.2) is 4.98 Å². The van der Waals surface area contributed by atoms with Crippen LogP contribution >= 0.6 is 12.2 Å². The van der Waals surface area contributed by atoms with E-state index in [1.807, 2.05) is 11.5 Å². The number of H-pyrrole nitrogens is 1. The number of benzene rings is 1. The van der Waals surface area contributed by atoms with E-state index in [0.717, 1.165) is 12.4 Å². The summed E-state index contributed by atoms with van der Waals surface area (Å²) < 4.78 is 14.5. The van der Waals surface area contributed by atoms with Crippen LogP contribution in [0.15, 0.2) is 23.3 Å². The molecule has 0 aliphatic rings. The third-order valence-electron chi connectivity index (χ3n) is 4.96. The van der Waals surface area contributed by atoms with Crippen molar-refractivity contribution in [2.24, 2.45) is 0 Å². The van der Waals surface area contributed by atoms with Gasteiger partial charge in [0.2, 0.25) is 5.91 Å². The number of fused-ring (bicyclic) bond motifs is 1. The summed E-state index contributed by atoms with van der Waals surface area (Å²) in [7, 11) is 3.05. The molecule has 10 nitrogen and oxygen atoms in total. The van der Waals surface area contributed by atoms with Crippen LogP contribution in [-0.2, 0) is 24.3 Å². The molecule has 0 spiro atoms. The van der Waals surface area contributed by atoms with Gasteiger partial charge in [-0.1, -0.05) is 0 Å². The van der Waals surface area contributed by atoms with E-state index in [-0.39, 0.29) is 11.5 Å². The number of aromatic amines is 1. The number of aromatic nitrogens is 5. The van der Waals surface area contributed by atoms with E-state index in [1.54, 1.807) is 12.1 Å². The van der Waals surface area contributed by atoms with E-state index >= 15 is 0 Å². The molecule has 0 radical (unpaired) electrons. The maximum atomic E-state index is 12.8. The van der Waals surface area contributed by atoms with Crippen molar-refractivity contribution in [2.75, 3.05) is 20.8 Å². The number of amides is 1. The topological polar surface area (TPSA) is 116 Å². The number of ether oxygens (including phenoxy) is 2. The van der Waals surface area contributed by atoms with Gasteiger partial charge in [0.25, 0.3) is 5.56 Å². The monoisotopic (exact) mass is 446 g/mol. The standard InChI is InChI=1S/C20H26N6O4S/c1-4-26-17(23-24-20(26)31)7-8-21-18(27)6-5-9-25-12-22-14-11-16(30-3)15(29-2)10-13(14)19(25)28/h10-12H,4-9H2,1-3H3,(H,21,27)(H,24,31). The normalized spacial score (nSPS) is 10.9. The molecule has 3 rings (SSSR count). The molecule has 0 saturated carbocycles. The number of methoxy groups -OCH3 is 2. The second kappa shape index (κ2) is 10.2. The Morgan fingerprint density at radius 3 is 2.71 bits per heavy atom. The van der Waals surface area contributed by atoms with Crippen LogP contribution in [0.1, 0.15) is 25.6 Å². The van der Waals surface area contributed by atoms with Crippen LogP contribution in [0.4, 0.5) is 0 Å². The summed E-state index contributed by atoms with van der Waals surface area (Å²) in [4.78, 5) is 29.2. The fourth-order valence-electron chi connectivity index (χ4n) is 3.32. The zero-order valence-corrected chi connectivity index (χ0v) is 18.6. The van der Waals surface area contributed by atoms with Crippen LogP contribution in [-0.4, -0.2) is 51.0 Å². The molecule has 1 amide bonds. The summed E-state index contributed by atoms with van der Waals surface area (Å²) in [5, 5.41) is 10.3. The Kier molecular flexibility index (Phi) is 7.40. The lowest BCUT2D eigenvalue weighted by molar-refractivity contribution is -0.121. The van der Waals surface area contributed by atoms with E-state index in [2.05, 4.69) is 20.5 Å². The number of carbonyl (C=O) groups is 1. The van der Waals surface area contributed by atoms with Gasteiger partial charge in [0.15, 0.2) is 16.3 Å². The summed E-state index contributed by atoms with van der Waals surface area (Å²) in [6.45, 7) is 3.57. The minimum atomic E-state index is -0.186. The first kappa shape index (κ1) is 22.5. The number of carbonyl (C=O) groups excluding carboxylic acids is 1. The lowest BCUT2D eigenvalue weighted by atomic mass is 10.2. The highest BCUT2D eigenvalue weighted by Crippen LogP contribution is 2.29. The smallest absolute Gasteiger partial charge is 0.261 e. The second-order valence-electron chi connectivity index (χ2n) is 6.86. The minimum Gasteiger partial charge on any atom is -0.493 e. The minimum absolute atomic E-state index is 0.0783. The summed E-state index contributed by atoms with van der Waals surface area (Å²) >= 11 is 5.16. The molecule has 0 atom stereocenters. The predicted octanol–water partition coefficient (Wildman–Crippen LogP) is 1.83. The van der Waals surface area contributed by atoms with Crippen molar-refractivity contribution in [3.8, 4) is 11.5 Å². The molecule has 3 aromatic rings. The fraction of sp³-hybridized carbons (Fsp3) is 0.450. The fourth-order valence-corrected chi connectivity index (χ4v) is 3.60. The van der Waals surface area contributed by atoms with E-state index < -0.39 is 0 Å². The van der Waals surface area contributed by atoms with Gasteiger partial charge >= 0.3 is 0 Å². The quantitative estimate of drug-likeness (QED) is 0.456. The summed E-state index contributed by atoms with van der Waals surface area (Å²) in [6.07, 6.45) is 2.89. The third-order valence-corrected chi connectivity index (χ3v) is 5.27. The lowest BCUT2D eigenvalue weighted by Crippen LogP contribution is -2.27. The zero-order chi connectivity index (χ0) is 22.4. The Morgan fingerprint density at radius 1 is 1.26 bits per heavy atom. The Labute approximate surface area is 184 Å². The molecule has 2 aromatic heterocycles. The number of hydrogen-bond donors (Lipinski definition) is 2. The average molecular weight is 447 g/mol. The molecule has 0 bridgehead atoms. The number of rotatable bonds is 10. The molecule has 2 heterocycles. The lowest BCUT2D eigenvalue weighted by Gasteiger charge is -2.10. The van der Waals surface area contributed by atoms with Crippen molar-refractivity contribution in [1.29, 1.82) is 0 Å². The Morgan fingerprint density at radius 2 is 2.00 bits per heavy atom. The van der Waals surface area contributed by atoms with Crippen LogP contribution in [0.2, 0.25) is 0 Å². The first-order valence-electron chi connectivity index (χ1n) is 10.0. The molecular weight excluding hydrogens is 420 g/mol. The average Bonchev–Trinajstić information content (AvgIpc) is 3.13. The van der Waals surface area contributed by atoms with Crippen molar-refractivity contribution < 1.29 is 14.3 Å². The summed E-state index contributed by atoms with van der Waals surface area (Å²) in [5.74, 6) is 1.72. The van der Waals surface area contributed by atoms with Gasteiger partial charge in [0, 0.05) is 38.5 Å². The molecule has 0 aliphatic heterocycles. The third kappa shape index (κ3) is 5.10. The van der Waals surface area contributed by atoms with E-state index in [1.165, 1.54) is 25.1 Å². The van der Waals surface area contributed by atoms with Crippen molar-refractivity contribution in [1.82, 2.24) is 29.6 Å². The number of aryl methyl sites for hydroxylation is 1. The molecule has 0 fully saturated rings. The maximum Gasteiger partial charge on any atom is 0.261 e. The molecular formula is C20H26N6O4S. The summed E-state index contributed by atoms with van der Waals surface area (Å²) in [5.41, 5.74) is 0.343. The van der Waals surface area contributed by atoms with Crippen molar-refractivity contribution in [2.45, 2.75) is 39.3 Å². The SMILES string of the molecule is CCn1c(CCNC(=O)CCCn2cnc3cc(OC)c(OC)cc3c2=O)n[nH]c1=S. The van der Waals surface area contributed by atoms with E-state index in [4.69, 9.17) is 21.7 Å². The van der Waals surface area contributed by atoms with Crippen LogP contribution in [0.3, 0.4) is 0 Å². The van der Waals surface area contributed by atoms with E-state index in [0.29, 0.717) is 59.5 Å². The highest BCUT2D eigenvalue weighted by molar-refractivity contribution is 7.71. The van der Waals surface area contributed by atoms with Crippen LogP contribution in [0.25, 0.3) is 10.9 Å². The van der Waals surface area contributed by atoms with Gasteiger partial charge in [-0.05, 0) is 31.6 Å². The molecule has 11 heteroatoms. The van der Waals surface area contributed by atoms with Crippen LogP contribution in [0, 0.1) is 4.77 Å². The van der Waals surface area contributed by atoms with Crippen LogP contribution < -0.4 is 20.3 Å². The summed E-state index contributed by atoms with van der Waals surface area (Å²) in [6, 6.07) is 3.29. The van der Waals surface area contributed by atoms with Gasteiger partial charge in [-0.2, -0.15) is 5.10 Å². The number of hydrogen-bond acceptors (Lipinski definition) is 7. The molecule has 0 saturated heterocycles. The van der Waals surface area contributed by atoms with Crippen LogP contribution in [0.5, 0.6) is 11.5 Å². The van der Waals surface area contributed by atoms with Crippen molar-refractivity contribution in [3.63, 3.8) is 0 Å².